The fraction of sp³-hybridized carbons (Fsp3) is 0.250. The molecule has 1 fully saturated rings. The summed E-state index contributed by atoms with van der Waals surface area (Å²) in [6, 6.07) is 21.8. The van der Waals surface area contributed by atoms with Crippen LogP contribution in [0.1, 0.15) is 46.3 Å². The number of hydrogen-bond acceptors (Lipinski definition) is 5. The number of nitrogens with one attached hydrogen (secondary N) is 1. The normalized spacial score (nSPS) is 14.8. The number of aromatic nitrogens is 2. The van der Waals surface area contributed by atoms with E-state index < -0.39 is 5.97 Å². The zero-order valence-electron chi connectivity index (χ0n) is 22.3. The molecule has 198 valence electrons. The Morgan fingerprint density at radius 1 is 0.974 bits per heavy atom. The van der Waals surface area contributed by atoms with Crippen molar-refractivity contribution in [3.63, 3.8) is 0 Å². The largest absolute Gasteiger partial charge is 0.494 e. The Labute approximate surface area is 227 Å². The van der Waals surface area contributed by atoms with Gasteiger partial charge in [0.15, 0.2) is 5.88 Å². The van der Waals surface area contributed by atoms with Crippen LogP contribution in [0.4, 0.5) is 5.69 Å². The van der Waals surface area contributed by atoms with Gasteiger partial charge in [0.05, 0.1) is 29.6 Å². The van der Waals surface area contributed by atoms with Gasteiger partial charge in [0, 0.05) is 47.2 Å². The number of aryl methyl sites for hydroxylation is 1. The van der Waals surface area contributed by atoms with Gasteiger partial charge in [-0.15, -0.1) is 0 Å². The molecule has 0 spiro atoms. The average Bonchev–Trinajstić information content (AvgIpc) is 3.50. The van der Waals surface area contributed by atoms with E-state index in [0.717, 1.165) is 41.8 Å². The summed E-state index contributed by atoms with van der Waals surface area (Å²) >= 11 is 0. The van der Waals surface area contributed by atoms with Crippen LogP contribution >= 0.6 is 0 Å². The number of likely N-dealkylation sites (tertiary alicyclic amines) is 1. The minimum Gasteiger partial charge on any atom is -0.494 e. The topological polar surface area (TPSA) is 82.8 Å². The Kier molecular flexibility index (Phi) is 6.67. The maximum absolute atomic E-state index is 12.3. The number of aromatic hydroxyl groups is 1. The molecule has 2 N–H and O–H groups in total. The summed E-state index contributed by atoms with van der Waals surface area (Å²) in [5, 5.41) is 12.9. The third kappa shape index (κ3) is 4.93. The van der Waals surface area contributed by atoms with Crippen molar-refractivity contribution in [2.75, 3.05) is 20.2 Å². The lowest BCUT2D eigenvalue weighted by Gasteiger charge is -2.26. The Bertz CT molecular complexity index is 1690. The first-order valence-corrected chi connectivity index (χ1v) is 13.4. The number of hydrogen-bond donors (Lipinski definition) is 2. The van der Waals surface area contributed by atoms with Crippen LogP contribution in [0, 0.1) is 0 Å². The van der Waals surface area contributed by atoms with Crippen LogP contribution in [0.2, 0.25) is 0 Å². The summed E-state index contributed by atoms with van der Waals surface area (Å²) in [5.41, 5.74) is 6.31. The Balaban J connectivity index is 1.46. The van der Waals surface area contributed by atoms with E-state index in [4.69, 9.17) is 9.73 Å². The van der Waals surface area contributed by atoms with Crippen molar-refractivity contribution in [3.05, 3.63) is 95.2 Å². The first-order valence-electron chi connectivity index (χ1n) is 13.4. The van der Waals surface area contributed by atoms with Crippen molar-refractivity contribution in [1.82, 2.24) is 14.5 Å². The number of carbonyl (C=O) groups excluding carboxylic acids is 1. The molecule has 0 bridgehead atoms. The molecule has 0 amide bonds. The maximum atomic E-state index is 12.3. The van der Waals surface area contributed by atoms with Crippen LogP contribution in [-0.2, 0) is 18.3 Å². The first kappa shape index (κ1) is 24.9. The monoisotopic (exact) mass is 520 g/mol. The molecule has 7 nitrogen and oxygen atoms in total. The summed E-state index contributed by atoms with van der Waals surface area (Å²) in [5.74, 6) is -0.433. The van der Waals surface area contributed by atoms with Crippen LogP contribution in [-0.4, -0.2) is 51.4 Å². The van der Waals surface area contributed by atoms with Crippen LogP contribution < -0.4 is 0 Å². The second kappa shape index (κ2) is 10.4. The van der Waals surface area contributed by atoms with Gasteiger partial charge in [-0.05, 0) is 80.0 Å². The van der Waals surface area contributed by atoms with Crippen LogP contribution in [0.5, 0.6) is 5.88 Å². The highest BCUT2D eigenvalue weighted by molar-refractivity contribution is 6.23. The molecular weight excluding hydrogens is 488 g/mol. The lowest BCUT2D eigenvalue weighted by Crippen LogP contribution is -2.28. The number of piperidine rings is 1. The lowest BCUT2D eigenvalue weighted by atomic mass is 9.98. The standard InChI is InChI=1S/C32H32N4O3/c1-35-17-14-22-18-23(9-13-28(22)35)30(29-26-19-24(32(38)39-2)8-12-27(26)34-31(29)37)33-25-10-6-21(7-11-25)20-36-15-4-3-5-16-36/h6-14,17-19,34,37H,3-5,15-16,20H2,1-2H3. The number of H-pyrrole nitrogens is 1. The Morgan fingerprint density at radius 2 is 1.74 bits per heavy atom. The van der Waals surface area contributed by atoms with E-state index in [1.807, 2.05) is 31.4 Å². The Hall–Kier alpha value is -4.36. The van der Waals surface area contributed by atoms with Gasteiger partial charge in [-0.25, -0.2) is 9.79 Å². The molecule has 0 radical (unpaired) electrons. The van der Waals surface area contributed by atoms with Crippen molar-refractivity contribution in [2.24, 2.45) is 12.0 Å². The van der Waals surface area contributed by atoms with Crippen molar-refractivity contribution >= 4 is 39.2 Å². The summed E-state index contributed by atoms with van der Waals surface area (Å²) in [7, 11) is 3.38. The van der Waals surface area contributed by atoms with Crippen LogP contribution in [0.15, 0.2) is 77.9 Å². The van der Waals surface area contributed by atoms with E-state index in [-0.39, 0.29) is 5.88 Å². The molecule has 39 heavy (non-hydrogen) atoms. The number of nitrogens with zero attached hydrogens (tertiary/aromatic N) is 3. The number of aliphatic imine (C=N–C) groups is 1. The fourth-order valence-corrected chi connectivity index (χ4v) is 5.54. The van der Waals surface area contributed by atoms with E-state index >= 15 is 0 Å². The summed E-state index contributed by atoms with van der Waals surface area (Å²) in [6.07, 6.45) is 5.88. The predicted molar refractivity (Wildman–Crippen MR) is 155 cm³/mol. The molecule has 3 aromatic carbocycles. The third-order valence-electron chi connectivity index (χ3n) is 7.63. The predicted octanol–water partition coefficient (Wildman–Crippen LogP) is 6.31. The van der Waals surface area contributed by atoms with E-state index in [1.54, 1.807) is 18.2 Å². The maximum Gasteiger partial charge on any atom is 0.337 e. The minimum absolute atomic E-state index is 0.000595. The molecule has 0 atom stereocenters. The van der Waals surface area contributed by atoms with Gasteiger partial charge >= 0.3 is 5.97 Å². The molecule has 0 aliphatic carbocycles. The molecule has 5 aromatic rings. The van der Waals surface area contributed by atoms with E-state index in [2.05, 4.69) is 44.8 Å². The molecule has 7 heteroatoms. The van der Waals surface area contributed by atoms with Gasteiger partial charge in [-0.3, -0.25) is 4.90 Å². The molecule has 3 heterocycles. The van der Waals surface area contributed by atoms with Crippen molar-refractivity contribution in [2.45, 2.75) is 25.8 Å². The summed E-state index contributed by atoms with van der Waals surface area (Å²) < 4.78 is 7.01. The van der Waals surface area contributed by atoms with E-state index in [0.29, 0.717) is 27.7 Å². The zero-order valence-corrected chi connectivity index (χ0v) is 22.3. The highest BCUT2D eigenvalue weighted by Crippen LogP contribution is 2.33. The van der Waals surface area contributed by atoms with Gasteiger partial charge in [0.25, 0.3) is 0 Å². The molecule has 2 aromatic heterocycles. The van der Waals surface area contributed by atoms with Gasteiger partial charge in [-0.2, -0.15) is 0 Å². The first-order chi connectivity index (χ1) is 19.0. The SMILES string of the molecule is COC(=O)c1ccc2[nH]c(O)c(C(=Nc3ccc(CN4CCCCC4)cc3)c3ccc4c(ccn4C)c3)c2c1. The van der Waals surface area contributed by atoms with Gasteiger partial charge in [-0.1, -0.05) is 24.6 Å². The Morgan fingerprint density at radius 3 is 2.51 bits per heavy atom. The summed E-state index contributed by atoms with van der Waals surface area (Å²) in [4.78, 5) is 22.9. The third-order valence-corrected chi connectivity index (χ3v) is 7.63. The zero-order chi connectivity index (χ0) is 26.9. The number of esters is 1. The average molecular weight is 521 g/mol. The van der Waals surface area contributed by atoms with Crippen molar-refractivity contribution in [3.8, 4) is 5.88 Å². The molecule has 1 aliphatic heterocycles. The molecule has 1 aliphatic rings. The van der Waals surface area contributed by atoms with Gasteiger partial charge in [0.2, 0.25) is 0 Å². The molecule has 0 unspecified atom stereocenters. The highest BCUT2D eigenvalue weighted by atomic mass is 16.5. The molecule has 0 saturated carbocycles. The highest BCUT2D eigenvalue weighted by Gasteiger charge is 2.21. The molecule has 6 rings (SSSR count). The van der Waals surface area contributed by atoms with Gasteiger partial charge in [0.1, 0.15) is 0 Å². The number of benzene rings is 3. The smallest absolute Gasteiger partial charge is 0.337 e. The summed E-state index contributed by atoms with van der Waals surface area (Å²) in [6.45, 7) is 3.25. The van der Waals surface area contributed by atoms with Gasteiger partial charge < -0.3 is 19.4 Å². The van der Waals surface area contributed by atoms with E-state index in [9.17, 15) is 9.90 Å². The minimum atomic E-state index is -0.433. The number of ether oxygens (including phenoxy) is 1. The number of aromatic amines is 1. The number of rotatable bonds is 6. The fourth-order valence-electron chi connectivity index (χ4n) is 5.54. The molecule has 1 saturated heterocycles. The van der Waals surface area contributed by atoms with Crippen LogP contribution in [0.25, 0.3) is 21.8 Å². The quantitative estimate of drug-likeness (QED) is 0.203. The van der Waals surface area contributed by atoms with E-state index in [1.165, 1.54) is 31.9 Å². The number of methoxy groups -OCH3 is 1. The van der Waals surface area contributed by atoms with Crippen molar-refractivity contribution < 1.29 is 14.6 Å². The second-order valence-electron chi connectivity index (χ2n) is 10.3. The number of carbonyl (C=O) groups is 1. The van der Waals surface area contributed by atoms with Crippen molar-refractivity contribution in [1.29, 1.82) is 0 Å². The number of fused-ring (bicyclic) bond motifs is 2. The lowest BCUT2D eigenvalue weighted by molar-refractivity contribution is 0.0601. The second-order valence-corrected chi connectivity index (χ2v) is 10.3. The molecular formula is C32H32N4O3. The van der Waals surface area contributed by atoms with Crippen LogP contribution in [0.3, 0.4) is 0 Å².